The van der Waals surface area contributed by atoms with Gasteiger partial charge in [0.05, 0.1) is 19.5 Å². The second-order valence-electron chi connectivity index (χ2n) is 5.97. The van der Waals surface area contributed by atoms with Gasteiger partial charge in [0, 0.05) is 19.0 Å². The fourth-order valence-electron chi connectivity index (χ4n) is 2.36. The number of halogens is 6. The van der Waals surface area contributed by atoms with Crippen molar-refractivity contribution >= 4 is 23.4 Å². The largest absolute Gasteiger partial charge is 0.472 e. The van der Waals surface area contributed by atoms with Crippen molar-refractivity contribution in [2.24, 2.45) is 4.99 Å². The van der Waals surface area contributed by atoms with Gasteiger partial charge in [0.1, 0.15) is 17.4 Å². The third kappa shape index (κ3) is 6.19. The summed E-state index contributed by atoms with van der Waals surface area (Å²) in [6.07, 6.45) is -6.46. The normalized spacial score (nSPS) is 14.3. The summed E-state index contributed by atoms with van der Waals surface area (Å²) >= 11 is 0. The Kier molecular flexibility index (Phi) is 6.82. The molecule has 2 amide bonds. The van der Waals surface area contributed by atoms with Crippen molar-refractivity contribution in [1.82, 2.24) is 15.8 Å². The Morgan fingerprint density at radius 1 is 1.07 bits per heavy atom. The van der Waals surface area contributed by atoms with Crippen LogP contribution in [-0.2, 0) is 20.8 Å². The van der Waals surface area contributed by atoms with Gasteiger partial charge < -0.3 is 4.90 Å². The van der Waals surface area contributed by atoms with Gasteiger partial charge in [-0.1, -0.05) is 0 Å². The number of hydrogen-bond donors (Lipinski definition) is 2. The molecule has 0 atom stereocenters. The van der Waals surface area contributed by atoms with Crippen LogP contribution in [0.2, 0.25) is 0 Å². The maximum Gasteiger partial charge on any atom is 0.472 e. The monoisotopic (exact) mass is 424 g/mol. The van der Waals surface area contributed by atoms with Gasteiger partial charge in [0.2, 0.25) is 5.91 Å². The van der Waals surface area contributed by atoms with Crippen LogP contribution in [0, 0.1) is 17.5 Å². The summed E-state index contributed by atoms with van der Waals surface area (Å²) in [4.78, 5) is 39.8. The fraction of sp³-hybridized carbons (Fsp3) is 0.375. The average Bonchev–Trinajstić information content (AvgIpc) is 2.63. The minimum Gasteiger partial charge on any atom is -0.333 e. The number of alkyl halides is 3. The number of benzene rings is 1. The van der Waals surface area contributed by atoms with Gasteiger partial charge in [0.15, 0.2) is 11.6 Å². The molecule has 0 radical (unpaired) electrons. The standard InChI is InChI=1S/C16H14F6N4O3/c17-10-6-12(19)11(18)4-8(10)3-9(27)5-14(28)26-2-1-23-13(7-26)24-25-15(29)16(20,21)22/h4,6H,1-3,5,7H2,(H,23,24)(H,25,29). The second kappa shape index (κ2) is 8.92. The Labute approximate surface area is 159 Å². The number of aliphatic imine (C=N–C) groups is 1. The molecule has 0 aromatic heterocycles. The molecule has 2 N–H and O–H groups in total. The zero-order valence-electron chi connectivity index (χ0n) is 14.6. The van der Waals surface area contributed by atoms with E-state index in [4.69, 9.17) is 0 Å². The molecule has 1 aromatic carbocycles. The van der Waals surface area contributed by atoms with E-state index in [0.29, 0.717) is 6.07 Å². The van der Waals surface area contributed by atoms with E-state index >= 15 is 0 Å². The molecule has 0 fully saturated rings. The molecule has 0 saturated carbocycles. The van der Waals surface area contributed by atoms with Gasteiger partial charge in [-0.15, -0.1) is 0 Å². The molecule has 0 saturated heterocycles. The minimum absolute atomic E-state index is 0.00194. The van der Waals surface area contributed by atoms with Crippen molar-refractivity contribution < 1.29 is 40.7 Å². The zero-order valence-corrected chi connectivity index (χ0v) is 14.6. The highest BCUT2D eigenvalue weighted by Gasteiger charge is 2.39. The number of hydrazine groups is 1. The van der Waals surface area contributed by atoms with Crippen molar-refractivity contribution in [1.29, 1.82) is 0 Å². The highest BCUT2D eigenvalue weighted by molar-refractivity contribution is 6.00. The fourth-order valence-corrected chi connectivity index (χ4v) is 2.36. The third-order valence-electron chi connectivity index (χ3n) is 3.77. The van der Waals surface area contributed by atoms with Gasteiger partial charge in [-0.05, 0) is 11.6 Å². The van der Waals surface area contributed by atoms with Crippen LogP contribution in [0.25, 0.3) is 0 Å². The molecule has 0 spiro atoms. The molecule has 7 nitrogen and oxygen atoms in total. The molecule has 13 heteroatoms. The summed E-state index contributed by atoms with van der Waals surface area (Å²) in [6, 6.07) is 0.806. The lowest BCUT2D eigenvalue weighted by atomic mass is 10.1. The number of rotatable bonds is 4. The van der Waals surface area contributed by atoms with Crippen molar-refractivity contribution in [2.45, 2.75) is 19.0 Å². The summed E-state index contributed by atoms with van der Waals surface area (Å²) in [5.74, 6) is -7.79. The van der Waals surface area contributed by atoms with Gasteiger partial charge in [0.25, 0.3) is 0 Å². The van der Waals surface area contributed by atoms with Crippen molar-refractivity contribution in [2.75, 3.05) is 19.6 Å². The predicted octanol–water partition coefficient (Wildman–Crippen LogP) is 1.03. The summed E-state index contributed by atoms with van der Waals surface area (Å²) < 4.78 is 76.1. The van der Waals surface area contributed by atoms with Crippen LogP contribution in [0.3, 0.4) is 0 Å². The first-order valence-corrected chi connectivity index (χ1v) is 8.06. The van der Waals surface area contributed by atoms with Crippen LogP contribution in [0.15, 0.2) is 17.1 Å². The maximum atomic E-state index is 13.6. The van der Waals surface area contributed by atoms with Gasteiger partial charge in [-0.2, -0.15) is 13.2 Å². The molecule has 29 heavy (non-hydrogen) atoms. The third-order valence-corrected chi connectivity index (χ3v) is 3.77. The summed E-state index contributed by atoms with van der Waals surface area (Å²) in [6.45, 7) is -0.240. The number of ketones is 1. The lowest BCUT2D eigenvalue weighted by Crippen LogP contribution is -2.53. The molecular formula is C16H14F6N4O3. The van der Waals surface area contributed by atoms with Crippen LogP contribution in [0.5, 0.6) is 0 Å². The quantitative estimate of drug-likeness (QED) is 0.327. The number of amidine groups is 1. The van der Waals surface area contributed by atoms with Crippen molar-refractivity contribution in [3.05, 3.63) is 35.1 Å². The Morgan fingerprint density at radius 3 is 2.38 bits per heavy atom. The number of nitrogens with one attached hydrogen (secondary N) is 2. The van der Waals surface area contributed by atoms with Crippen LogP contribution < -0.4 is 10.9 Å². The van der Waals surface area contributed by atoms with Crippen LogP contribution in [0.4, 0.5) is 26.3 Å². The van der Waals surface area contributed by atoms with E-state index in [1.54, 1.807) is 0 Å². The molecule has 0 unspecified atom stereocenters. The smallest absolute Gasteiger partial charge is 0.333 e. The Morgan fingerprint density at radius 2 is 1.72 bits per heavy atom. The van der Waals surface area contributed by atoms with Crippen molar-refractivity contribution in [3.8, 4) is 0 Å². The number of hydrogen-bond acceptors (Lipinski definition) is 5. The number of carbonyl (C=O) groups is 3. The van der Waals surface area contributed by atoms with E-state index in [0.717, 1.165) is 4.90 Å². The summed E-state index contributed by atoms with van der Waals surface area (Å²) in [7, 11) is 0. The first-order valence-electron chi connectivity index (χ1n) is 8.06. The second-order valence-corrected chi connectivity index (χ2v) is 5.97. The predicted molar refractivity (Wildman–Crippen MR) is 85.9 cm³/mol. The van der Waals surface area contributed by atoms with Gasteiger partial charge in [-0.25, -0.2) is 13.2 Å². The first-order chi connectivity index (χ1) is 13.5. The highest BCUT2D eigenvalue weighted by atomic mass is 19.4. The van der Waals surface area contributed by atoms with Crippen LogP contribution >= 0.6 is 0 Å². The molecule has 0 bridgehead atoms. The lowest BCUT2D eigenvalue weighted by molar-refractivity contribution is -0.174. The molecule has 1 aromatic rings. The molecule has 1 aliphatic rings. The molecule has 1 heterocycles. The SMILES string of the molecule is O=C(CC(=O)N1CCN=C(NNC(=O)C(F)(F)F)C1)Cc1cc(F)c(F)cc1F. The summed E-state index contributed by atoms with van der Waals surface area (Å²) in [5.41, 5.74) is 2.92. The van der Waals surface area contributed by atoms with E-state index in [1.165, 1.54) is 5.43 Å². The maximum absolute atomic E-state index is 13.6. The first kappa shape index (κ1) is 22.2. The number of nitrogens with zero attached hydrogens (tertiary/aromatic N) is 2. The van der Waals surface area contributed by atoms with Crippen LogP contribution in [0.1, 0.15) is 12.0 Å². The number of amides is 2. The number of carbonyl (C=O) groups excluding carboxylic acids is 3. The highest BCUT2D eigenvalue weighted by Crippen LogP contribution is 2.16. The molecular weight excluding hydrogens is 410 g/mol. The van der Waals surface area contributed by atoms with Gasteiger partial charge in [-0.3, -0.25) is 30.2 Å². The zero-order chi connectivity index (χ0) is 21.8. The van der Waals surface area contributed by atoms with Crippen LogP contribution in [-0.4, -0.2) is 54.1 Å². The molecule has 1 aliphatic heterocycles. The Balaban J connectivity index is 1.89. The van der Waals surface area contributed by atoms with Gasteiger partial charge >= 0.3 is 12.1 Å². The number of Topliss-reactive ketones (excluding diaryl/α,β-unsaturated/α-hetero) is 1. The van der Waals surface area contributed by atoms with E-state index in [1.807, 2.05) is 5.43 Å². The van der Waals surface area contributed by atoms with E-state index in [9.17, 15) is 40.7 Å². The topological polar surface area (TPSA) is 90.9 Å². The average molecular weight is 424 g/mol. The lowest BCUT2D eigenvalue weighted by Gasteiger charge is -2.27. The van der Waals surface area contributed by atoms with E-state index in [-0.39, 0.29) is 31.5 Å². The minimum atomic E-state index is -5.11. The van der Waals surface area contributed by atoms with E-state index in [2.05, 4.69) is 4.99 Å². The molecule has 2 rings (SSSR count). The van der Waals surface area contributed by atoms with Crippen molar-refractivity contribution in [3.63, 3.8) is 0 Å². The van der Waals surface area contributed by atoms with E-state index < -0.39 is 59.6 Å². The summed E-state index contributed by atoms with van der Waals surface area (Å²) in [5, 5.41) is 0. The molecule has 0 aliphatic carbocycles. The Bertz CT molecular complexity index is 856. The molecule has 158 valence electrons. The Hall–Kier alpha value is -3.12.